The van der Waals surface area contributed by atoms with Crippen molar-refractivity contribution >= 4 is 32.6 Å². The van der Waals surface area contributed by atoms with Crippen LogP contribution < -0.4 is 0 Å². The van der Waals surface area contributed by atoms with Crippen molar-refractivity contribution in [2.24, 2.45) is 0 Å². The fourth-order valence-corrected chi connectivity index (χ4v) is 2.63. The summed E-state index contributed by atoms with van der Waals surface area (Å²) in [6.45, 7) is 3.94. The minimum atomic E-state index is 0.666. The largest absolute Gasteiger partial charge is 0.497 e. The Morgan fingerprint density at radius 1 is 1.15 bits per heavy atom. The van der Waals surface area contributed by atoms with E-state index in [1.807, 2.05) is 30.5 Å². The summed E-state index contributed by atoms with van der Waals surface area (Å²) in [4.78, 5) is 3.33. The fourth-order valence-electron chi connectivity index (χ4n) is 2.36. The number of methoxy groups -OCH3 is 1. The van der Waals surface area contributed by atoms with E-state index in [0.29, 0.717) is 5.76 Å². The van der Waals surface area contributed by atoms with Gasteiger partial charge in [-0.25, -0.2) is 0 Å². The van der Waals surface area contributed by atoms with Gasteiger partial charge in [-0.3, -0.25) is 0 Å². The van der Waals surface area contributed by atoms with Crippen LogP contribution in [0, 0.1) is 0 Å². The average Bonchev–Trinajstić information content (AvgIpc) is 2.91. The van der Waals surface area contributed by atoms with E-state index in [1.165, 1.54) is 16.5 Å². The lowest BCUT2D eigenvalue weighted by Crippen LogP contribution is -1.86. The van der Waals surface area contributed by atoms with Crippen LogP contribution in [0.2, 0.25) is 0 Å². The Balaban J connectivity index is 2.19. The molecule has 0 aliphatic carbocycles. The third-order valence-corrected chi connectivity index (χ3v) is 3.95. The summed E-state index contributed by atoms with van der Waals surface area (Å²) >= 11 is 3.46. The van der Waals surface area contributed by atoms with Gasteiger partial charge in [0.25, 0.3) is 0 Å². The van der Waals surface area contributed by atoms with Gasteiger partial charge < -0.3 is 9.72 Å². The number of rotatable bonds is 3. The van der Waals surface area contributed by atoms with E-state index >= 15 is 0 Å². The standard InChI is InChI=1S/C17H14BrNO/c1-11(20-2)14-4-3-5-15-16(10-19-17(14)15)12-6-8-13(18)9-7-12/h3-10,19H,1H2,2H3. The first-order valence-electron chi connectivity index (χ1n) is 6.30. The van der Waals surface area contributed by atoms with Gasteiger partial charge in [-0.05, 0) is 23.8 Å². The second kappa shape index (κ2) is 5.17. The number of nitrogens with one attached hydrogen (secondary N) is 1. The van der Waals surface area contributed by atoms with Gasteiger partial charge >= 0.3 is 0 Å². The normalized spacial score (nSPS) is 10.7. The number of para-hydroxylation sites is 1. The molecule has 0 bridgehead atoms. The molecule has 1 N–H and O–H groups in total. The van der Waals surface area contributed by atoms with Crippen molar-refractivity contribution in [1.82, 2.24) is 4.98 Å². The Morgan fingerprint density at radius 2 is 1.90 bits per heavy atom. The van der Waals surface area contributed by atoms with Crippen LogP contribution in [0.1, 0.15) is 5.56 Å². The average molecular weight is 328 g/mol. The van der Waals surface area contributed by atoms with Gasteiger partial charge in [0.15, 0.2) is 0 Å². The van der Waals surface area contributed by atoms with E-state index in [0.717, 1.165) is 15.6 Å². The zero-order valence-electron chi connectivity index (χ0n) is 11.1. The summed E-state index contributed by atoms with van der Waals surface area (Å²) < 4.78 is 6.33. The maximum atomic E-state index is 5.25. The Kier molecular flexibility index (Phi) is 3.36. The highest BCUT2D eigenvalue weighted by molar-refractivity contribution is 9.10. The minimum Gasteiger partial charge on any atom is -0.497 e. The van der Waals surface area contributed by atoms with E-state index in [1.54, 1.807) is 7.11 Å². The first-order chi connectivity index (χ1) is 9.70. The lowest BCUT2D eigenvalue weighted by Gasteiger charge is -2.06. The summed E-state index contributed by atoms with van der Waals surface area (Å²) in [6.07, 6.45) is 2.03. The monoisotopic (exact) mass is 327 g/mol. The van der Waals surface area contributed by atoms with Crippen molar-refractivity contribution in [2.45, 2.75) is 0 Å². The van der Waals surface area contributed by atoms with Crippen LogP contribution in [-0.2, 0) is 4.74 Å². The molecule has 2 nitrogen and oxygen atoms in total. The summed E-state index contributed by atoms with van der Waals surface area (Å²) in [5.74, 6) is 0.666. The Labute approximate surface area is 126 Å². The van der Waals surface area contributed by atoms with Gasteiger partial charge in [-0.2, -0.15) is 0 Å². The number of hydrogen-bond acceptors (Lipinski definition) is 1. The molecule has 0 radical (unpaired) electrons. The van der Waals surface area contributed by atoms with E-state index in [4.69, 9.17) is 4.74 Å². The Bertz CT molecular complexity index is 771. The van der Waals surface area contributed by atoms with Gasteiger partial charge in [0.05, 0.1) is 12.6 Å². The van der Waals surface area contributed by atoms with E-state index in [9.17, 15) is 0 Å². The zero-order chi connectivity index (χ0) is 14.1. The SMILES string of the molecule is C=C(OC)c1cccc2c(-c3ccc(Br)cc3)c[nH]c12. The van der Waals surface area contributed by atoms with E-state index in [-0.39, 0.29) is 0 Å². The lowest BCUT2D eigenvalue weighted by molar-refractivity contribution is 0.372. The number of benzene rings is 2. The molecule has 0 saturated heterocycles. The third kappa shape index (κ3) is 2.14. The number of hydrogen-bond donors (Lipinski definition) is 1. The van der Waals surface area contributed by atoms with Crippen molar-refractivity contribution in [3.63, 3.8) is 0 Å². The van der Waals surface area contributed by atoms with Crippen LogP contribution >= 0.6 is 15.9 Å². The van der Waals surface area contributed by atoms with Crippen molar-refractivity contribution in [1.29, 1.82) is 0 Å². The summed E-state index contributed by atoms with van der Waals surface area (Å²) in [6, 6.07) is 14.4. The molecule has 100 valence electrons. The maximum absolute atomic E-state index is 5.25. The quantitative estimate of drug-likeness (QED) is 0.656. The minimum absolute atomic E-state index is 0.666. The molecule has 0 spiro atoms. The highest BCUT2D eigenvalue weighted by atomic mass is 79.9. The number of halogens is 1. The second-order valence-corrected chi connectivity index (χ2v) is 5.48. The molecule has 3 heteroatoms. The van der Waals surface area contributed by atoms with Crippen molar-refractivity contribution < 1.29 is 4.74 Å². The van der Waals surface area contributed by atoms with E-state index in [2.05, 4.69) is 45.7 Å². The molecule has 3 rings (SSSR count). The predicted octanol–water partition coefficient (Wildman–Crippen LogP) is 5.21. The smallest absolute Gasteiger partial charge is 0.121 e. The number of aromatic nitrogens is 1. The molecule has 1 heterocycles. The highest BCUT2D eigenvalue weighted by Crippen LogP contribution is 2.32. The van der Waals surface area contributed by atoms with Gasteiger partial charge in [-0.15, -0.1) is 0 Å². The van der Waals surface area contributed by atoms with Crippen molar-refractivity contribution in [2.75, 3.05) is 7.11 Å². The van der Waals surface area contributed by atoms with Crippen LogP contribution in [0.5, 0.6) is 0 Å². The zero-order valence-corrected chi connectivity index (χ0v) is 12.7. The van der Waals surface area contributed by atoms with Crippen molar-refractivity contribution in [3.8, 4) is 11.1 Å². The van der Waals surface area contributed by atoms with Crippen LogP contribution in [0.3, 0.4) is 0 Å². The molecule has 0 aliphatic rings. The molecular weight excluding hydrogens is 314 g/mol. The van der Waals surface area contributed by atoms with Gasteiger partial charge in [0.2, 0.25) is 0 Å². The number of ether oxygens (including phenoxy) is 1. The molecule has 20 heavy (non-hydrogen) atoms. The molecule has 1 aromatic heterocycles. The first-order valence-corrected chi connectivity index (χ1v) is 7.09. The molecule has 0 aliphatic heterocycles. The topological polar surface area (TPSA) is 25.0 Å². The number of H-pyrrole nitrogens is 1. The number of aromatic amines is 1. The highest BCUT2D eigenvalue weighted by Gasteiger charge is 2.11. The van der Waals surface area contributed by atoms with Crippen molar-refractivity contribution in [3.05, 3.63) is 65.3 Å². The van der Waals surface area contributed by atoms with Crippen LogP contribution in [0.4, 0.5) is 0 Å². The lowest BCUT2D eigenvalue weighted by atomic mass is 10.0. The second-order valence-electron chi connectivity index (χ2n) is 4.56. The number of fused-ring (bicyclic) bond motifs is 1. The Hall–Kier alpha value is -2.00. The molecule has 3 aromatic rings. The summed E-state index contributed by atoms with van der Waals surface area (Å²) in [5.41, 5.74) is 4.41. The van der Waals surface area contributed by atoms with Gasteiger partial charge in [0.1, 0.15) is 5.76 Å². The molecule has 0 amide bonds. The van der Waals surface area contributed by atoms with Crippen LogP contribution in [-0.4, -0.2) is 12.1 Å². The molecule has 0 saturated carbocycles. The summed E-state index contributed by atoms with van der Waals surface area (Å²) in [7, 11) is 1.64. The molecule has 0 fully saturated rings. The summed E-state index contributed by atoms with van der Waals surface area (Å²) in [5, 5.41) is 1.17. The third-order valence-electron chi connectivity index (χ3n) is 3.42. The van der Waals surface area contributed by atoms with Crippen LogP contribution in [0.15, 0.2) is 59.7 Å². The Morgan fingerprint density at radius 3 is 2.60 bits per heavy atom. The van der Waals surface area contributed by atoms with E-state index < -0.39 is 0 Å². The first kappa shape index (κ1) is 13.0. The molecule has 0 unspecified atom stereocenters. The predicted molar refractivity (Wildman–Crippen MR) is 87.5 cm³/mol. The molecular formula is C17H14BrNO. The molecule has 2 aromatic carbocycles. The fraction of sp³-hybridized carbons (Fsp3) is 0.0588. The maximum Gasteiger partial charge on any atom is 0.121 e. The van der Waals surface area contributed by atoms with Gasteiger partial charge in [0, 0.05) is 27.2 Å². The molecule has 0 atom stereocenters. The van der Waals surface area contributed by atoms with Gasteiger partial charge in [-0.1, -0.05) is 46.8 Å². The van der Waals surface area contributed by atoms with Crippen LogP contribution in [0.25, 0.3) is 27.8 Å².